The van der Waals surface area contributed by atoms with E-state index in [0.29, 0.717) is 11.3 Å². The van der Waals surface area contributed by atoms with Crippen LogP contribution in [0.2, 0.25) is 0 Å². The highest BCUT2D eigenvalue weighted by atomic mass is 32.2. The molecule has 0 aromatic heterocycles. The van der Waals surface area contributed by atoms with E-state index in [1.54, 1.807) is 19.1 Å². The summed E-state index contributed by atoms with van der Waals surface area (Å²) in [4.78, 5) is 12.0. The minimum absolute atomic E-state index is 0.0273. The highest BCUT2D eigenvalue weighted by Gasteiger charge is 2.13. The van der Waals surface area contributed by atoms with Gasteiger partial charge in [-0.1, -0.05) is 12.1 Å². The summed E-state index contributed by atoms with van der Waals surface area (Å²) in [5.41, 5.74) is 1.12. The number of hydrogen-bond donors (Lipinski definition) is 3. The molecule has 0 radical (unpaired) electrons. The van der Waals surface area contributed by atoms with Crippen molar-refractivity contribution in [1.82, 2.24) is 0 Å². The number of para-hydroxylation sites is 1. The Morgan fingerprint density at radius 2 is 1.86 bits per heavy atom. The molecule has 0 aliphatic carbocycles. The largest absolute Gasteiger partial charge is 0.507 e. The molecule has 1 amide bonds. The van der Waals surface area contributed by atoms with E-state index in [9.17, 15) is 18.3 Å². The maximum atomic E-state index is 12.1. The number of benzene rings is 2. The lowest BCUT2D eigenvalue weighted by atomic mass is 10.1. The molecule has 0 saturated heterocycles. The summed E-state index contributed by atoms with van der Waals surface area (Å²) in [6, 6.07) is 10.3. The average Bonchev–Trinajstić information content (AvgIpc) is 2.40. The van der Waals surface area contributed by atoms with Gasteiger partial charge in [0.1, 0.15) is 5.75 Å². The summed E-state index contributed by atoms with van der Waals surface area (Å²) < 4.78 is 22.5. The molecule has 0 heterocycles. The molecule has 7 heteroatoms. The number of anilines is 1. The van der Waals surface area contributed by atoms with Crippen molar-refractivity contribution in [1.29, 1.82) is 0 Å². The molecule has 0 spiro atoms. The fraction of sp³-hybridized carbons (Fsp3) is 0.0714. The van der Waals surface area contributed by atoms with Gasteiger partial charge < -0.3 is 10.4 Å². The number of nitrogens with one attached hydrogen (secondary N) is 1. The monoisotopic (exact) mass is 306 g/mol. The first-order valence-electron chi connectivity index (χ1n) is 6.02. The van der Waals surface area contributed by atoms with Crippen molar-refractivity contribution in [2.75, 3.05) is 5.32 Å². The summed E-state index contributed by atoms with van der Waals surface area (Å²) in [5.74, 6) is -0.617. The third-order valence-corrected chi connectivity index (χ3v) is 3.83. The maximum absolute atomic E-state index is 12.1. The second kappa shape index (κ2) is 5.55. The van der Waals surface area contributed by atoms with Gasteiger partial charge in [0.15, 0.2) is 0 Å². The third-order valence-electron chi connectivity index (χ3n) is 2.92. The van der Waals surface area contributed by atoms with Gasteiger partial charge in [0.25, 0.3) is 5.91 Å². The summed E-state index contributed by atoms with van der Waals surface area (Å²) in [7, 11) is -3.78. The number of carbonyl (C=O) groups excluding carboxylic acids is 1. The molecule has 0 bridgehead atoms. The second-order valence-electron chi connectivity index (χ2n) is 4.49. The van der Waals surface area contributed by atoms with Crippen molar-refractivity contribution in [3.05, 3.63) is 53.6 Å². The number of primary sulfonamides is 1. The number of aryl methyl sites for hydroxylation is 1. The zero-order valence-corrected chi connectivity index (χ0v) is 12.0. The molecule has 0 saturated carbocycles. The normalized spacial score (nSPS) is 11.1. The Balaban J connectivity index is 2.29. The lowest BCUT2D eigenvalue weighted by molar-refractivity contribution is 0.102. The Labute approximate surface area is 122 Å². The molecule has 2 aromatic carbocycles. The van der Waals surface area contributed by atoms with E-state index < -0.39 is 15.9 Å². The van der Waals surface area contributed by atoms with Gasteiger partial charge in [-0.25, -0.2) is 13.6 Å². The molecule has 0 aliphatic rings. The molecule has 2 aromatic rings. The number of hydrogen-bond acceptors (Lipinski definition) is 4. The van der Waals surface area contributed by atoms with Crippen LogP contribution >= 0.6 is 0 Å². The molecule has 110 valence electrons. The smallest absolute Gasteiger partial charge is 0.259 e. The number of phenolic OH excluding ortho intramolecular Hbond substituents is 1. The topological polar surface area (TPSA) is 109 Å². The number of carbonyl (C=O) groups is 1. The fourth-order valence-electron chi connectivity index (χ4n) is 1.81. The number of rotatable bonds is 3. The fourth-order valence-corrected chi connectivity index (χ4v) is 2.41. The average molecular weight is 306 g/mol. The Hall–Kier alpha value is -2.38. The first kappa shape index (κ1) is 15.0. The highest BCUT2D eigenvalue weighted by Crippen LogP contribution is 2.22. The van der Waals surface area contributed by atoms with E-state index in [2.05, 4.69) is 5.32 Å². The van der Waals surface area contributed by atoms with Crippen LogP contribution in [0.5, 0.6) is 5.75 Å². The molecule has 4 N–H and O–H groups in total. The standard InChI is InChI=1S/C14H14N2O4S/c1-9-8-10(21(15,19)20)6-7-12(9)16-14(18)11-4-2-3-5-13(11)17/h2-8,17H,1H3,(H,16,18)(H2,15,19,20). The molecule has 0 fully saturated rings. The van der Waals surface area contributed by atoms with Gasteiger partial charge in [0.2, 0.25) is 10.0 Å². The predicted molar refractivity (Wildman–Crippen MR) is 78.6 cm³/mol. The SMILES string of the molecule is Cc1cc(S(N)(=O)=O)ccc1NC(=O)c1ccccc1O. The van der Waals surface area contributed by atoms with Crippen LogP contribution in [0.3, 0.4) is 0 Å². The van der Waals surface area contributed by atoms with Crippen LogP contribution < -0.4 is 10.5 Å². The molecular weight excluding hydrogens is 292 g/mol. The van der Waals surface area contributed by atoms with E-state index in [1.165, 1.54) is 30.3 Å². The highest BCUT2D eigenvalue weighted by molar-refractivity contribution is 7.89. The summed E-state index contributed by atoms with van der Waals surface area (Å²) in [5, 5.41) is 17.3. The van der Waals surface area contributed by atoms with Crippen LogP contribution in [0.1, 0.15) is 15.9 Å². The van der Waals surface area contributed by atoms with Gasteiger partial charge in [-0.2, -0.15) is 0 Å². The summed E-state index contributed by atoms with van der Waals surface area (Å²) in [6.45, 7) is 1.65. The Bertz CT molecular complexity index is 800. The zero-order chi connectivity index (χ0) is 15.6. The van der Waals surface area contributed by atoms with E-state index in [1.807, 2.05) is 0 Å². The molecule has 21 heavy (non-hydrogen) atoms. The lowest BCUT2D eigenvalue weighted by Crippen LogP contribution is -2.15. The van der Waals surface area contributed by atoms with E-state index in [-0.39, 0.29) is 16.2 Å². The number of phenols is 1. The molecular formula is C14H14N2O4S. The van der Waals surface area contributed by atoms with Crippen LogP contribution in [-0.4, -0.2) is 19.4 Å². The molecule has 0 unspecified atom stereocenters. The molecule has 0 atom stereocenters. The second-order valence-corrected chi connectivity index (χ2v) is 6.05. The molecule has 0 aliphatic heterocycles. The molecule has 6 nitrogen and oxygen atoms in total. The van der Waals surface area contributed by atoms with Crippen molar-refractivity contribution in [2.45, 2.75) is 11.8 Å². The summed E-state index contributed by atoms with van der Waals surface area (Å²) in [6.07, 6.45) is 0. The van der Waals surface area contributed by atoms with Crippen LogP contribution in [-0.2, 0) is 10.0 Å². The predicted octanol–water partition coefficient (Wildman–Crippen LogP) is 1.60. The summed E-state index contributed by atoms with van der Waals surface area (Å²) >= 11 is 0. The Kier molecular flexibility index (Phi) is 3.97. The van der Waals surface area contributed by atoms with Gasteiger partial charge in [-0.15, -0.1) is 0 Å². The van der Waals surface area contributed by atoms with Crippen molar-refractivity contribution in [2.24, 2.45) is 5.14 Å². The van der Waals surface area contributed by atoms with Crippen LogP contribution in [0.4, 0.5) is 5.69 Å². The Morgan fingerprint density at radius 3 is 2.43 bits per heavy atom. The number of amides is 1. The van der Waals surface area contributed by atoms with Crippen molar-refractivity contribution in [3.8, 4) is 5.75 Å². The third kappa shape index (κ3) is 3.39. The van der Waals surface area contributed by atoms with Crippen LogP contribution in [0.25, 0.3) is 0 Å². The minimum atomic E-state index is -3.78. The first-order valence-corrected chi connectivity index (χ1v) is 7.56. The maximum Gasteiger partial charge on any atom is 0.259 e. The van der Waals surface area contributed by atoms with E-state index in [0.717, 1.165) is 0 Å². The van der Waals surface area contributed by atoms with E-state index >= 15 is 0 Å². The zero-order valence-electron chi connectivity index (χ0n) is 11.2. The van der Waals surface area contributed by atoms with Crippen LogP contribution in [0.15, 0.2) is 47.4 Å². The number of sulfonamides is 1. The molecule has 2 rings (SSSR count). The van der Waals surface area contributed by atoms with Gasteiger partial charge in [-0.05, 0) is 42.8 Å². The number of nitrogens with two attached hydrogens (primary N) is 1. The van der Waals surface area contributed by atoms with Gasteiger partial charge in [0, 0.05) is 5.69 Å². The van der Waals surface area contributed by atoms with Crippen molar-refractivity contribution in [3.63, 3.8) is 0 Å². The first-order chi connectivity index (χ1) is 9.79. The van der Waals surface area contributed by atoms with E-state index in [4.69, 9.17) is 5.14 Å². The lowest BCUT2D eigenvalue weighted by Gasteiger charge is -2.10. The number of aromatic hydroxyl groups is 1. The quantitative estimate of drug-likeness (QED) is 0.800. The van der Waals surface area contributed by atoms with Crippen LogP contribution in [0, 0.1) is 6.92 Å². The van der Waals surface area contributed by atoms with Crippen molar-refractivity contribution >= 4 is 21.6 Å². The van der Waals surface area contributed by atoms with Gasteiger partial charge in [-0.3, -0.25) is 4.79 Å². The minimum Gasteiger partial charge on any atom is -0.507 e. The van der Waals surface area contributed by atoms with Gasteiger partial charge in [0.05, 0.1) is 10.5 Å². The Morgan fingerprint density at radius 1 is 1.19 bits per heavy atom. The van der Waals surface area contributed by atoms with Crippen molar-refractivity contribution < 1.29 is 18.3 Å². The van der Waals surface area contributed by atoms with Gasteiger partial charge >= 0.3 is 0 Å².